The number of fused-ring (bicyclic) bond motifs is 1. The van der Waals surface area contributed by atoms with Crippen LogP contribution in [0.25, 0.3) is 22.2 Å². The van der Waals surface area contributed by atoms with E-state index in [1.165, 1.54) is 66.5 Å². The summed E-state index contributed by atoms with van der Waals surface area (Å²) in [7, 11) is 7.70. The molecule has 1 saturated heterocycles. The number of methoxy groups -OCH3 is 2. The van der Waals surface area contributed by atoms with E-state index in [2.05, 4.69) is 73.1 Å². The molecule has 0 spiro atoms. The number of nitrogens with one attached hydrogen (secondary N) is 1. The van der Waals surface area contributed by atoms with Gasteiger partial charge in [0.1, 0.15) is 0 Å². The molecule has 1 aromatic heterocycles. The number of H-pyrrole nitrogens is 1. The minimum absolute atomic E-state index is 0.398. The standard InChI is InChI=1S/C30H43N3O2/c1-21(2)29-25-20-24(33-17-14-22(15-18-33)9-7-8-16-32(3)4)11-12-26(25)31-30(29)23-10-13-27(34-5)28(19-23)35-6/h10-13,19-22,31H,7-9,14-18H2,1-6H3. The van der Waals surface area contributed by atoms with Gasteiger partial charge in [-0.25, -0.2) is 0 Å². The van der Waals surface area contributed by atoms with Crippen molar-refractivity contribution in [1.29, 1.82) is 0 Å². The van der Waals surface area contributed by atoms with Crippen molar-refractivity contribution in [2.75, 3.05) is 52.8 Å². The van der Waals surface area contributed by atoms with Gasteiger partial charge >= 0.3 is 0 Å². The van der Waals surface area contributed by atoms with Gasteiger partial charge in [0.05, 0.1) is 19.9 Å². The van der Waals surface area contributed by atoms with Crippen LogP contribution < -0.4 is 14.4 Å². The lowest BCUT2D eigenvalue weighted by atomic mass is 9.91. The maximum absolute atomic E-state index is 5.57. The van der Waals surface area contributed by atoms with Gasteiger partial charge in [-0.15, -0.1) is 0 Å². The lowest BCUT2D eigenvalue weighted by Gasteiger charge is -2.34. The molecule has 0 saturated carbocycles. The molecule has 35 heavy (non-hydrogen) atoms. The van der Waals surface area contributed by atoms with Crippen molar-refractivity contribution in [2.24, 2.45) is 5.92 Å². The van der Waals surface area contributed by atoms with Gasteiger partial charge in [0.15, 0.2) is 11.5 Å². The zero-order valence-electron chi connectivity index (χ0n) is 22.5. The van der Waals surface area contributed by atoms with E-state index >= 15 is 0 Å². The average molecular weight is 478 g/mol. The number of benzene rings is 2. The number of hydrogen-bond acceptors (Lipinski definition) is 4. The summed E-state index contributed by atoms with van der Waals surface area (Å²) in [6, 6.07) is 13.1. The molecule has 1 N–H and O–H groups in total. The molecule has 0 amide bonds. The number of anilines is 1. The molecule has 0 atom stereocenters. The molecule has 1 fully saturated rings. The van der Waals surface area contributed by atoms with Crippen molar-refractivity contribution < 1.29 is 9.47 Å². The van der Waals surface area contributed by atoms with Gasteiger partial charge in [0.25, 0.3) is 0 Å². The smallest absolute Gasteiger partial charge is 0.161 e. The minimum atomic E-state index is 0.398. The van der Waals surface area contributed by atoms with Crippen molar-refractivity contribution >= 4 is 16.6 Å². The Kier molecular flexibility index (Phi) is 8.27. The van der Waals surface area contributed by atoms with Crippen LogP contribution in [0.3, 0.4) is 0 Å². The molecule has 5 nitrogen and oxygen atoms in total. The first kappa shape index (κ1) is 25.4. The summed E-state index contributed by atoms with van der Waals surface area (Å²) in [5.41, 5.74) is 6.20. The quantitative estimate of drug-likeness (QED) is 0.322. The molecule has 0 unspecified atom stereocenters. The number of rotatable bonds is 10. The van der Waals surface area contributed by atoms with E-state index in [0.717, 1.165) is 36.1 Å². The SMILES string of the molecule is COc1ccc(-c2[nH]c3ccc(N4CCC(CCCCN(C)C)CC4)cc3c2C(C)C)cc1OC. The van der Waals surface area contributed by atoms with Gasteiger partial charge in [-0.3, -0.25) is 0 Å². The van der Waals surface area contributed by atoms with E-state index in [-0.39, 0.29) is 0 Å². The predicted molar refractivity (Wildman–Crippen MR) is 148 cm³/mol. The summed E-state index contributed by atoms with van der Waals surface area (Å²) in [4.78, 5) is 8.59. The monoisotopic (exact) mass is 477 g/mol. The Bertz CT molecular complexity index is 1110. The Morgan fingerprint density at radius 1 is 0.971 bits per heavy atom. The number of nitrogens with zero attached hydrogens (tertiary/aromatic N) is 2. The number of aromatic amines is 1. The first-order chi connectivity index (χ1) is 16.9. The second kappa shape index (κ2) is 11.4. The first-order valence-corrected chi connectivity index (χ1v) is 13.2. The predicted octanol–water partition coefficient (Wildman–Crippen LogP) is 6.92. The van der Waals surface area contributed by atoms with E-state index in [1.54, 1.807) is 14.2 Å². The van der Waals surface area contributed by atoms with Crippen LogP contribution in [0.5, 0.6) is 11.5 Å². The average Bonchev–Trinajstić information content (AvgIpc) is 3.25. The number of unbranched alkanes of at least 4 members (excludes halogenated alkanes) is 1. The maximum Gasteiger partial charge on any atom is 0.161 e. The summed E-state index contributed by atoms with van der Waals surface area (Å²) in [5.74, 6) is 2.78. The van der Waals surface area contributed by atoms with Gasteiger partial charge in [0.2, 0.25) is 0 Å². The van der Waals surface area contributed by atoms with Crippen LogP contribution in [-0.4, -0.2) is 57.8 Å². The molecular formula is C30H43N3O2. The van der Waals surface area contributed by atoms with Gasteiger partial charge in [-0.2, -0.15) is 0 Å². The normalized spacial score (nSPS) is 14.9. The zero-order chi connectivity index (χ0) is 24.9. The number of aromatic nitrogens is 1. The largest absolute Gasteiger partial charge is 0.493 e. The van der Waals surface area contributed by atoms with Crippen molar-refractivity contribution in [3.05, 3.63) is 42.0 Å². The van der Waals surface area contributed by atoms with E-state index in [0.29, 0.717) is 5.92 Å². The van der Waals surface area contributed by atoms with E-state index in [4.69, 9.17) is 9.47 Å². The van der Waals surface area contributed by atoms with Gasteiger partial charge in [-0.05, 0) is 93.7 Å². The third-order valence-electron chi connectivity index (χ3n) is 7.52. The Morgan fingerprint density at radius 2 is 1.71 bits per heavy atom. The molecule has 2 aromatic carbocycles. The molecule has 0 radical (unpaired) electrons. The minimum Gasteiger partial charge on any atom is -0.493 e. The second-order valence-electron chi connectivity index (χ2n) is 10.6. The summed E-state index contributed by atoms with van der Waals surface area (Å²) in [6.07, 6.45) is 6.67. The third kappa shape index (κ3) is 5.78. The van der Waals surface area contributed by atoms with Crippen LogP contribution in [0.1, 0.15) is 57.4 Å². The molecule has 2 heterocycles. The van der Waals surface area contributed by atoms with Crippen LogP contribution in [0.15, 0.2) is 36.4 Å². The maximum atomic E-state index is 5.57. The van der Waals surface area contributed by atoms with Crippen LogP contribution in [-0.2, 0) is 0 Å². The highest BCUT2D eigenvalue weighted by Gasteiger charge is 2.22. The molecule has 3 aromatic rings. The van der Waals surface area contributed by atoms with Crippen molar-refractivity contribution in [2.45, 2.75) is 51.9 Å². The number of hydrogen-bond donors (Lipinski definition) is 1. The molecule has 4 rings (SSSR count). The summed E-state index contributed by atoms with van der Waals surface area (Å²) in [6.45, 7) is 8.09. The molecule has 1 aliphatic heterocycles. The van der Waals surface area contributed by atoms with Gasteiger partial charge in [0, 0.05) is 35.2 Å². The fourth-order valence-corrected chi connectivity index (χ4v) is 5.56. The first-order valence-electron chi connectivity index (χ1n) is 13.2. The Morgan fingerprint density at radius 3 is 2.37 bits per heavy atom. The molecule has 1 aliphatic rings. The second-order valence-corrected chi connectivity index (χ2v) is 10.6. The van der Waals surface area contributed by atoms with E-state index in [1.807, 2.05) is 6.07 Å². The molecular weight excluding hydrogens is 434 g/mol. The Labute approximate surface area is 211 Å². The summed E-state index contributed by atoms with van der Waals surface area (Å²) >= 11 is 0. The Hall–Kier alpha value is -2.66. The fourth-order valence-electron chi connectivity index (χ4n) is 5.56. The highest BCUT2D eigenvalue weighted by Crippen LogP contribution is 2.40. The summed E-state index contributed by atoms with van der Waals surface area (Å²) in [5, 5.41) is 1.33. The van der Waals surface area contributed by atoms with Gasteiger partial charge in [-0.1, -0.05) is 26.7 Å². The van der Waals surface area contributed by atoms with E-state index < -0.39 is 0 Å². The van der Waals surface area contributed by atoms with Crippen molar-refractivity contribution in [3.8, 4) is 22.8 Å². The summed E-state index contributed by atoms with van der Waals surface area (Å²) < 4.78 is 11.0. The third-order valence-corrected chi connectivity index (χ3v) is 7.52. The number of piperidine rings is 1. The highest BCUT2D eigenvalue weighted by atomic mass is 16.5. The van der Waals surface area contributed by atoms with Crippen molar-refractivity contribution in [1.82, 2.24) is 9.88 Å². The van der Waals surface area contributed by atoms with Crippen LogP contribution >= 0.6 is 0 Å². The van der Waals surface area contributed by atoms with Crippen LogP contribution in [0.2, 0.25) is 0 Å². The molecule has 190 valence electrons. The van der Waals surface area contributed by atoms with Gasteiger partial charge < -0.3 is 24.3 Å². The van der Waals surface area contributed by atoms with Crippen LogP contribution in [0.4, 0.5) is 5.69 Å². The topological polar surface area (TPSA) is 40.7 Å². The number of ether oxygens (including phenoxy) is 2. The molecule has 0 aliphatic carbocycles. The highest BCUT2D eigenvalue weighted by molar-refractivity contribution is 5.93. The molecule has 0 bridgehead atoms. The van der Waals surface area contributed by atoms with E-state index in [9.17, 15) is 0 Å². The lowest BCUT2D eigenvalue weighted by molar-refractivity contribution is 0.344. The molecule has 5 heteroatoms. The fraction of sp³-hybridized carbons (Fsp3) is 0.533. The van der Waals surface area contributed by atoms with Crippen molar-refractivity contribution in [3.63, 3.8) is 0 Å². The Balaban J connectivity index is 1.53. The zero-order valence-corrected chi connectivity index (χ0v) is 22.5. The van der Waals surface area contributed by atoms with Crippen LogP contribution in [0, 0.1) is 5.92 Å². The lowest BCUT2D eigenvalue weighted by Crippen LogP contribution is -2.33.